The summed E-state index contributed by atoms with van der Waals surface area (Å²) in [5, 5.41) is 0. The van der Waals surface area contributed by atoms with Gasteiger partial charge < -0.3 is 15.4 Å². The Morgan fingerprint density at radius 1 is 0.875 bits per heavy atom. The van der Waals surface area contributed by atoms with Crippen molar-refractivity contribution in [2.45, 2.75) is 24.9 Å². The third-order valence-corrected chi connectivity index (χ3v) is 4.94. The lowest BCUT2D eigenvalue weighted by Crippen LogP contribution is -2.32. The summed E-state index contributed by atoms with van der Waals surface area (Å²) in [4.78, 5) is 2.52. The first-order valence-electron chi connectivity index (χ1n) is 9.02. The molecule has 0 unspecified atom stereocenters. The predicted molar refractivity (Wildman–Crippen MR) is 99.0 cm³/mol. The lowest BCUT2D eigenvalue weighted by molar-refractivity contribution is -0.0101. The summed E-state index contributed by atoms with van der Waals surface area (Å²) in [7, 11) is 0. The molecule has 128 valence electrons. The van der Waals surface area contributed by atoms with E-state index in [0.717, 1.165) is 45.6 Å². The van der Waals surface area contributed by atoms with Gasteiger partial charge in [0, 0.05) is 13.1 Å². The summed E-state index contributed by atoms with van der Waals surface area (Å²) in [6.45, 7) is 4.69. The van der Waals surface area contributed by atoms with E-state index in [2.05, 4.69) is 65.6 Å². The second-order valence-electron chi connectivity index (χ2n) is 6.49. The van der Waals surface area contributed by atoms with E-state index in [1.807, 2.05) is 0 Å². The maximum Gasteiger partial charge on any atom is 0.119 e. The standard InChI is InChI=1S/C21H28N2O/c22-14-7-8-15-23-16-13-21(24-18-17-23,19-9-3-1-4-10-19)20-11-5-2-6-12-20/h1-6,9-12H,7-8,13-18,22H2. The molecule has 0 atom stereocenters. The summed E-state index contributed by atoms with van der Waals surface area (Å²) < 4.78 is 6.53. The average molecular weight is 324 g/mol. The molecule has 0 spiro atoms. The zero-order valence-electron chi connectivity index (χ0n) is 14.4. The van der Waals surface area contributed by atoms with Crippen molar-refractivity contribution >= 4 is 0 Å². The molecule has 0 radical (unpaired) electrons. The molecule has 1 aliphatic rings. The van der Waals surface area contributed by atoms with Crippen LogP contribution in [0.4, 0.5) is 0 Å². The molecular weight excluding hydrogens is 296 g/mol. The molecule has 0 aromatic heterocycles. The van der Waals surface area contributed by atoms with Gasteiger partial charge >= 0.3 is 0 Å². The minimum Gasteiger partial charge on any atom is -0.364 e. The predicted octanol–water partition coefficient (Wildman–Crippen LogP) is 3.39. The Morgan fingerprint density at radius 2 is 1.50 bits per heavy atom. The lowest BCUT2D eigenvalue weighted by atomic mass is 9.83. The zero-order valence-corrected chi connectivity index (χ0v) is 14.4. The van der Waals surface area contributed by atoms with Crippen LogP contribution in [0.1, 0.15) is 30.4 Å². The van der Waals surface area contributed by atoms with Crippen LogP contribution in [0.2, 0.25) is 0 Å². The van der Waals surface area contributed by atoms with Crippen molar-refractivity contribution in [1.29, 1.82) is 0 Å². The van der Waals surface area contributed by atoms with E-state index >= 15 is 0 Å². The van der Waals surface area contributed by atoms with Crippen molar-refractivity contribution in [3.63, 3.8) is 0 Å². The highest BCUT2D eigenvalue weighted by molar-refractivity contribution is 5.36. The van der Waals surface area contributed by atoms with Gasteiger partial charge in [-0.1, -0.05) is 60.7 Å². The third-order valence-electron chi connectivity index (χ3n) is 4.94. The van der Waals surface area contributed by atoms with Gasteiger partial charge in [0.1, 0.15) is 5.60 Å². The van der Waals surface area contributed by atoms with Gasteiger partial charge in [-0.15, -0.1) is 0 Å². The van der Waals surface area contributed by atoms with Crippen LogP contribution < -0.4 is 5.73 Å². The Labute approximate surface area is 145 Å². The van der Waals surface area contributed by atoms with E-state index in [0.29, 0.717) is 0 Å². The number of nitrogens with two attached hydrogens (primary N) is 1. The quantitative estimate of drug-likeness (QED) is 0.828. The van der Waals surface area contributed by atoms with Crippen molar-refractivity contribution in [3.8, 4) is 0 Å². The fraction of sp³-hybridized carbons (Fsp3) is 0.429. The molecule has 2 aromatic carbocycles. The molecule has 0 saturated carbocycles. The molecule has 3 heteroatoms. The fourth-order valence-corrected chi connectivity index (χ4v) is 3.59. The molecule has 1 fully saturated rings. The van der Waals surface area contributed by atoms with Gasteiger partial charge in [-0.3, -0.25) is 0 Å². The Kier molecular flexibility index (Phi) is 6.02. The van der Waals surface area contributed by atoms with Crippen LogP contribution in [0.5, 0.6) is 0 Å². The number of rotatable bonds is 6. The van der Waals surface area contributed by atoms with Crippen molar-refractivity contribution in [2.75, 3.05) is 32.8 Å². The zero-order chi connectivity index (χ0) is 16.7. The highest BCUT2D eigenvalue weighted by Gasteiger charge is 2.37. The van der Waals surface area contributed by atoms with Crippen LogP contribution in [0.3, 0.4) is 0 Å². The number of nitrogens with zero attached hydrogens (tertiary/aromatic N) is 1. The molecule has 3 nitrogen and oxygen atoms in total. The fourth-order valence-electron chi connectivity index (χ4n) is 3.59. The van der Waals surface area contributed by atoms with Crippen LogP contribution in [0.25, 0.3) is 0 Å². The molecule has 0 amide bonds. The first-order valence-corrected chi connectivity index (χ1v) is 9.02. The van der Waals surface area contributed by atoms with Crippen molar-refractivity contribution in [3.05, 3.63) is 71.8 Å². The number of ether oxygens (including phenoxy) is 1. The molecule has 2 N–H and O–H groups in total. The van der Waals surface area contributed by atoms with Crippen LogP contribution in [0.15, 0.2) is 60.7 Å². The smallest absolute Gasteiger partial charge is 0.119 e. The molecular formula is C21H28N2O. The summed E-state index contributed by atoms with van der Waals surface area (Å²) in [5.74, 6) is 0. The van der Waals surface area contributed by atoms with Gasteiger partial charge in [-0.05, 0) is 43.5 Å². The van der Waals surface area contributed by atoms with Crippen molar-refractivity contribution in [2.24, 2.45) is 5.73 Å². The molecule has 0 aliphatic carbocycles. The lowest BCUT2D eigenvalue weighted by Gasteiger charge is -2.34. The molecule has 0 bridgehead atoms. The van der Waals surface area contributed by atoms with E-state index < -0.39 is 0 Å². The Balaban J connectivity index is 1.84. The largest absolute Gasteiger partial charge is 0.364 e. The maximum atomic E-state index is 6.53. The van der Waals surface area contributed by atoms with E-state index in [1.165, 1.54) is 17.5 Å². The third kappa shape index (κ3) is 3.86. The summed E-state index contributed by atoms with van der Waals surface area (Å²) in [5.41, 5.74) is 7.78. The number of hydrogen-bond donors (Lipinski definition) is 1. The van der Waals surface area contributed by atoms with Crippen LogP contribution in [0, 0.1) is 0 Å². The van der Waals surface area contributed by atoms with E-state index in [-0.39, 0.29) is 5.60 Å². The van der Waals surface area contributed by atoms with Crippen LogP contribution >= 0.6 is 0 Å². The van der Waals surface area contributed by atoms with Crippen molar-refractivity contribution in [1.82, 2.24) is 4.90 Å². The molecule has 24 heavy (non-hydrogen) atoms. The maximum absolute atomic E-state index is 6.53. The Bertz CT molecular complexity index is 560. The first kappa shape index (κ1) is 17.2. The summed E-state index contributed by atoms with van der Waals surface area (Å²) in [6, 6.07) is 21.3. The normalized spacial score (nSPS) is 18.2. The number of hydrogen-bond acceptors (Lipinski definition) is 3. The Morgan fingerprint density at radius 3 is 2.08 bits per heavy atom. The van der Waals surface area contributed by atoms with Gasteiger partial charge in [-0.2, -0.15) is 0 Å². The van der Waals surface area contributed by atoms with Gasteiger partial charge in [0.2, 0.25) is 0 Å². The highest BCUT2D eigenvalue weighted by Crippen LogP contribution is 2.38. The number of unbranched alkanes of at least 4 members (excludes halogenated alkanes) is 1. The molecule has 1 saturated heterocycles. The molecule has 1 aliphatic heterocycles. The van der Waals surface area contributed by atoms with Gasteiger partial charge in [0.25, 0.3) is 0 Å². The highest BCUT2D eigenvalue weighted by atomic mass is 16.5. The van der Waals surface area contributed by atoms with Gasteiger partial charge in [0.15, 0.2) is 0 Å². The number of benzene rings is 2. The van der Waals surface area contributed by atoms with E-state index in [9.17, 15) is 0 Å². The SMILES string of the molecule is NCCCCN1CCOC(c2ccccc2)(c2ccccc2)CC1. The van der Waals surface area contributed by atoms with Crippen molar-refractivity contribution < 1.29 is 4.74 Å². The summed E-state index contributed by atoms with van der Waals surface area (Å²) in [6.07, 6.45) is 3.24. The monoisotopic (exact) mass is 324 g/mol. The molecule has 3 rings (SSSR count). The minimum absolute atomic E-state index is 0.342. The molecule has 1 heterocycles. The van der Waals surface area contributed by atoms with Gasteiger partial charge in [-0.25, -0.2) is 0 Å². The second kappa shape index (κ2) is 8.43. The second-order valence-corrected chi connectivity index (χ2v) is 6.49. The van der Waals surface area contributed by atoms with Gasteiger partial charge in [0.05, 0.1) is 6.61 Å². The molecule has 2 aromatic rings. The first-order chi connectivity index (χ1) is 11.8. The minimum atomic E-state index is -0.342. The van der Waals surface area contributed by atoms with E-state index in [1.54, 1.807) is 0 Å². The van der Waals surface area contributed by atoms with Crippen LogP contribution in [-0.2, 0) is 10.3 Å². The average Bonchev–Trinajstić information content (AvgIpc) is 2.87. The topological polar surface area (TPSA) is 38.5 Å². The Hall–Kier alpha value is -1.68. The summed E-state index contributed by atoms with van der Waals surface area (Å²) >= 11 is 0. The van der Waals surface area contributed by atoms with E-state index in [4.69, 9.17) is 10.5 Å². The van der Waals surface area contributed by atoms with Crippen LogP contribution in [-0.4, -0.2) is 37.7 Å².